The van der Waals surface area contributed by atoms with Crippen LogP contribution in [0.2, 0.25) is 0 Å². The predicted octanol–water partition coefficient (Wildman–Crippen LogP) is 3.31. The SMILES string of the molecule is C/C=C/C=C/C(=O)N[C@@H]1CCCc2ccccc21. The lowest BCUT2D eigenvalue weighted by molar-refractivity contribution is -0.117. The zero-order chi connectivity index (χ0) is 12.8. The van der Waals surface area contributed by atoms with Gasteiger partial charge in [-0.2, -0.15) is 0 Å². The highest BCUT2D eigenvalue weighted by molar-refractivity contribution is 5.88. The van der Waals surface area contributed by atoms with Gasteiger partial charge in [0.05, 0.1) is 6.04 Å². The number of allylic oxidation sites excluding steroid dienone is 3. The molecule has 0 fully saturated rings. The van der Waals surface area contributed by atoms with E-state index in [2.05, 4.69) is 23.5 Å². The molecule has 0 saturated carbocycles. The van der Waals surface area contributed by atoms with Gasteiger partial charge in [-0.3, -0.25) is 4.79 Å². The number of hydrogen-bond donors (Lipinski definition) is 1. The summed E-state index contributed by atoms with van der Waals surface area (Å²) in [5.74, 6) is -0.0187. The molecule has 1 aliphatic carbocycles. The van der Waals surface area contributed by atoms with Crippen LogP contribution in [0, 0.1) is 0 Å². The Labute approximate surface area is 108 Å². The number of carbonyl (C=O) groups is 1. The number of amides is 1. The molecule has 1 aliphatic rings. The van der Waals surface area contributed by atoms with E-state index in [4.69, 9.17) is 0 Å². The first kappa shape index (κ1) is 12.6. The normalized spacial score (nSPS) is 19.1. The minimum atomic E-state index is -0.0187. The lowest BCUT2D eigenvalue weighted by Crippen LogP contribution is -2.29. The molecule has 0 unspecified atom stereocenters. The molecule has 2 heteroatoms. The van der Waals surface area contributed by atoms with Crippen LogP contribution in [-0.2, 0) is 11.2 Å². The van der Waals surface area contributed by atoms with E-state index in [-0.39, 0.29) is 11.9 Å². The lowest BCUT2D eigenvalue weighted by atomic mass is 9.88. The third-order valence-electron chi connectivity index (χ3n) is 3.24. The summed E-state index contributed by atoms with van der Waals surface area (Å²) < 4.78 is 0. The number of rotatable bonds is 3. The third-order valence-corrected chi connectivity index (χ3v) is 3.24. The summed E-state index contributed by atoms with van der Waals surface area (Å²) in [7, 11) is 0. The Bertz CT molecular complexity index is 474. The average molecular weight is 241 g/mol. The van der Waals surface area contributed by atoms with Crippen LogP contribution < -0.4 is 5.32 Å². The highest BCUT2D eigenvalue weighted by Crippen LogP contribution is 2.29. The molecule has 0 aliphatic heterocycles. The fourth-order valence-electron chi connectivity index (χ4n) is 2.38. The topological polar surface area (TPSA) is 29.1 Å². The summed E-state index contributed by atoms with van der Waals surface area (Å²) >= 11 is 0. The van der Waals surface area contributed by atoms with E-state index in [0.717, 1.165) is 19.3 Å². The molecule has 1 atom stereocenters. The summed E-state index contributed by atoms with van der Waals surface area (Å²) in [5.41, 5.74) is 2.64. The molecule has 18 heavy (non-hydrogen) atoms. The number of nitrogens with one attached hydrogen (secondary N) is 1. The first-order chi connectivity index (χ1) is 8.81. The Hall–Kier alpha value is -1.83. The second kappa shape index (κ2) is 6.20. The number of carbonyl (C=O) groups excluding carboxylic acids is 1. The number of aryl methyl sites for hydroxylation is 1. The zero-order valence-electron chi connectivity index (χ0n) is 10.7. The van der Waals surface area contributed by atoms with Crippen LogP contribution >= 0.6 is 0 Å². The predicted molar refractivity (Wildman–Crippen MR) is 74.2 cm³/mol. The van der Waals surface area contributed by atoms with E-state index in [9.17, 15) is 4.79 Å². The molecule has 2 rings (SSSR count). The maximum absolute atomic E-state index is 11.8. The summed E-state index contributed by atoms with van der Waals surface area (Å²) in [6.45, 7) is 1.93. The monoisotopic (exact) mass is 241 g/mol. The Morgan fingerprint density at radius 3 is 3.00 bits per heavy atom. The van der Waals surface area contributed by atoms with E-state index in [0.29, 0.717) is 0 Å². The van der Waals surface area contributed by atoms with Gasteiger partial charge in [-0.25, -0.2) is 0 Å². The molecule has 2 nitrogen and oxygen atoms in total. The van der Waals surface area contributed by atoms with Gasteiger partial charge in [0, 0.05) is 6.08 Å². The number of fused-ring (bicyclic) bond motifs is 1. The maximum Gasteiger partial charge on any atom is 0.244 e. The molecule has 0 aromatic heterocycles. The highest BCUT2D eigenvalue weighted by atomic mass is 16.1. The number of benzene rings is 1. The van der Waals surface area contributed by atoms with E-state index in [1.54, 1.807) is 12.2 Å². The number of hydrogen-bond acceptors (Lipinski definition) is 1. The van der Waals surface area contributed by atoms with Gasteiger partial charge in [0.2, 0.25) is 5.91 Å². The molecular weight excluding hydrogens is 222 g/mol. The Morgan fingerprint density at radius 2 is 2.17 bits per heavy atom. The van der Waals surface area contributed by atoms with Gasteiger partial charge in [-0.05, 0) is 37.3 Å². The van der Waals surface area contributed by atoms with Crippen LogP contribution in [0.4, 0.5) is 0 Å². The van der Waals surface area contributed by atoms with Gasteiger partial charge in [-0.15, -0.1) is 0 Å². The minimum Gasteiger partial charge on any atom is -0.346 e. The summed E-state index contributed by atoms with van der Waals surface area (Å²) in [6, 6.07) is 8.55. The summed E-state index contributed by atoms with van der Waals surface area (Å²) in [4.78, 5) is 11.8. The Balaban J connectivity index is 2.05. The molecule has 0 heterocycles. The van der Waals surface area contributed by atoms with Gasteiger partial charge in [0.25, 0.3) is 0 Å². The van der Waals surface area contributed by atoms with E-state index >= 15 is 0 Å². The largest absolute Gasteiger partial charge is 0.346 e. The molecule has 1 amide bonds. The second-order valence-corrected chi connectivity index (χ2v) is 4.54. The standard InChI is InChI=1S/C16H19NO/c1-2-3-4-12-16(18)17-15-11-7-9-13-8-5-6-10-14(13)15/h2-6,8,10,12,15H,7,9,11H2,1H3,(H,17,18)/b3-2+,12-4+/t15-/m1/s1. The van der Waals surface area contributed by atoms with Crippen molar-refractivity contribution in [1.82, 2.24) is 5.32 Å². The molecular formula is C16H19NO. The summed E-state index contributed by atoms with van der Waals surface area (Å²) in [6.07, 6.45) is 10.4. The lowest BCUT2D eigenvalue weighted by Gasteiger charge is -2.25. The minimum absolute atomic E-state index is 0.0187. The molecule has 94 valence electrons. The first-order valence-corrected chi connectivity index (χ1v) is 6.49. The molecule has 0 radical (unpaired) electrons. The van der Waals surface area contributed by atoms with Gasteiger partial charge < -0.3 is 5.32 Å². The van der Waals surface area contributed by atoms with Crippen molar-refractivity contribution >= 4 is 5.91 Å². The molecule has 1 N–H and O–H groups in total. The Morgan fingerprint density at radius 1 is 1.33 bits per heavy atom. The van der Waals surface area contributed by atoms with Crippen LogP contribution in [0.25, 0.3) is 0 Å². The third kappa shape index (κ3) is 3.10. The van der Waals surface area contributed by atoms with Crippen molar-refractivity contribution < 1.29 is 4.79 Å². The van der Waals surface area contributed by atoms with Gasteiger partial charge in [0.15, 0.2) is 0 Å². The zero-order valence-corrected chi connectivity index (χ0v) is 10.7. The molecule has 0 bridgehead atoms. The van der Waals surface area contributed by atoms with E-state index in [1.807, 2.05) is 25.1 Å². The van der Waals surface area contributed by atoms with Crippen molar-refractivity contribution in [3.8, 4) is 0 Å². The van der Waals surface area contributed by atoms with Crippen molar-refractivity contribution in [2.45, 2.75) is 32.2 Å². The van der Waals surface area contributed by atoms with Crippen molar-refractivity contribution in [1.29, 1.82) is 0 Å². The second-order valence-electron chi connectivity index (χ2n) is 4.54. The quantitative estimate of drug-likeness (QED) is 0.638. The fourth-order valence-corrected chi connectivity index (χ4v) is 2.38. The molecule has 1 aromatic carbocycles. The average Bonchev–Trinajstić information content (AvgIpc) is 2.39. The van der Waals surface area contributed by atoms with Crippen LogP contribution in [-0.4, -0.2) is 5.91 Å². The first-order valence-electron chi connectivity index (χ1n) is 6.49. The fraction of sp³-hybridized carbons (Fsp3) is 0.312. The van der Waals surface area contributed by atoms with Gasteiger partial charge in [0.1, 0.15) is 0 Å². The van der Waals surface area contributed by atoms with Crippen molar-refractivity contribution in [3.05, 3.63) is 59.7 Å². The smallest absolute Gasteiger partial charge is 0.244 e. The molecule has 0 saturated heterocycles. The molecule has 0 spiro atoms. The van der Waals surface area contributed by atoms with Crippen molar-refractivity contribution in [2.75, 3.05) is 0 Å². The Kier molecular flexibility index (Phi) is 4.35. The van der Waals surface area contributed by atoms with Crippen LogP contribution in [0.3, 0.4) is 0 Å². The maximum atomic E-state index is 11.8. The van der Waals surface area contributed by atoms with E-state index in [1.165, 1.54) is 11.1 Å². The van der Waals surface area contributed by atoms with Crippen LogP contribution in [0.15, 0.2) is 48.6 Å². The van der Waals surface area contributed by atoms with Gasteiger partial charge >= 0.3 is 0 Å². The van der Waals surface area contributed by atoms with Crippen LogP contribution in [0.1, 0.15) is 36.9 Å². The van der Waals surface area contributed by atoms with Crippen LogP contribution in [0.5, 0.6) is 0 Å². The van der Waals surface area contributed by atoms with E-state index < -0.39 is 0 Å². The van der Waals surface area contributed by atoms with Crippen molar-refractivity contribution in [2.24, 2.45) is 0 Å². The van der Waals surface area contributed by atoms with Gasteiger partial charge in [-0.1, -0.05) is 42.5 Å². The van der Waals surface area contributed by atoms with Crippen molar-refractivity contribution in [3.63, 3.8) is 0 Å². The summed E-state index contributed by atoms with van der Waals surface area (Å²) in [5, 5.41) is 3.07. The molecule has 1 aromatic rings. The highest BCUT2D eigenvalue weighted by Gasteiger charge is 2.20.